The normalized spacial score (nSPS) is 26.8. The summed E-state index contributed by atoms with van der Waals surface area (Å²) in [6, 6.07) is 0.277. The predicted octanol–water partition coefficient (Wildman–Crippen LogP) is -0.489. The monoisotopic (exact) mass is 296 g/mol. The highest BCUT2D eigenvalue weighted by Crippen LogP contribution is 2.24. The first kappa shape index (κ1) is 14.6. The third kappa shape index (κ3) is 2.85. The fourth-order valence-corrected chi connectivity index (χ4v) is 3.48. The predicted molar refractivity (Wildman–Crippen MR) is 76.7 cm³/mol. The number of carbonyl (C=O) groups is 2. The van der Waals surface area contributed by atoms with Gasteiger partial charge in [0.15, 0.2) is 0 Å². The summed E-state index contributed by atoms with van der Waals surface area (Å²) in [6.45, 7) is 4.00. The zero-order valence-electron chi connectivity index (χ0n) is 12.3. The van der Waals surface area contributed by atoms with E-state index >= 15 is 0 Å². The highest BCUT2D eigenvalue weighted by atomic mass is 16.5. The topological polar surface area (TPSA) is 87.9 Å². The van der Waals surface area contributed by atoms with Crippen LogP contribution in [0.1, 0.15) is 25.7 Å². The minimum atomic E-state index is -0.754. The molecule has 3 amide bonds. The molecular weight excluding hydrogens is 272 g/mol. The quantitative estimate of drug-likeness (QED) is 0.720. The second kappa shape index (κ2) is 5.81. The Morgan fingerprint density at radius 3 is 2.48 bits per heavy atom. The molecule has 3 aliphatic rings. The maximum Gasteiger partial charge on any atom is 0.317 e. The Kier molecular flexibility index (Phi) is 4.03. The van der Waals surface area contributed by atoms with Gasteiger partial charge in [-0.15, -0.1) is 0 Å². The smallest absolute Gasteiger partial charge is 0.317 e. The van der Waals surface area contributed by atoms with Gasteiger partial charge in [-0.1, -0.05) is 0 Å². The fourth-order valence-electron chi connectivity index (χ4n) is 3.48. The third-order valence-electron chi connectivity index (χ3n) is 4.89. The lowest BCUT2D eigenvalue weighted by Crippen LogP contribution is -2.60. The number of piperidine rings is 1. The van der Waals surface area contributed by atoms with Crippen molar-refractivity contribution in [2.45, 2.75) is 37.3 Å². The van der Waals surface area contributed by atoms with Crippen LogP contribution in [-0.2, 0) is 9.53 Å². The molecule has 0 radical (unpaired) electrons. The molecule has 0 saturated carbocycles. The largest absolute Gasteiger partial charge is 0.381 e. The number of carbonyl (C=O) groups excluding carboxylic acids is 2. The number of nitrogens with one attached hydrogen (secondary N) is 1. The summed E-state index contributed by atoms with van der Waals surface area (Å²) in [7, 11) is 0. The number of amides is 3. The van der Waals surface area contributed by atoms with Gasteiger partial charge in [-0.25, -0.2) is 4.79 Å². The maximum absolute atomic E-state index is 12.6. The molecule has 0 spiro atoms. The molecule has 118 valence electrons. The molecule has 3 rings (SSSR count). The molecule has 0 aliphatic carbocycles. The third-order valence-corrected chi connectivity index (χ3v) is 4.89. The molecule has 0 unspecified atom stereocenters. The van der Waals surface area contributed by atoms with Crippen molar-refractivity contribution in [3.63, 3.8) is 0 Å². The second-order valence-corrected chi connectivity index (χ2v) is 6.22. The first-order valence-electron chi connectivity index (χ1n) is 7.81. The highest BCUT2D eigenvalue weighted by Gasteiger charge is 2.41. The van der Waals surface area contributed by atoms with Crippen LogP contribution in [0.4, 0.5) is 4.79 Å². The number of likely N-dealkylation sites (tertiary alicyclic amines) is 1. The fraction of sp³-hybridized carbons (Fsp3) is 0.857. The molecule has 0 bridgehead atoms. The van der Waals surface area contributed by atoms with E-state index in [4.69, 9.17) is 10.5 Å². The first-order chi connectivity index (χ1) is 10.1. The van der Waals surface area contributed by atoms with Crippen molar-refractivity contribution >= 4 is 11.9 Å². The van der Waals surface area contributed by atoms with Crippen LogP contribution in [0.3, 0.4) is 0 Å². The summed E-state index contributed by atoms with van der Waals surface area (Å²) >= 11 is 0. The van der Waals surface area contributed by atoms with E-state index in [1.54, 1.807) is 0 Å². The van der Waals surface area contributed by atoms with Crippen LogP contribution >= 0.6 is 0 Å². The molecular formula is C14H24N4O3. The zero-order valence-corrected chi connectivity index (χ0v) is 12.3. The molecule has 3 fully saturated rings. The summed E-state index contributed by atoms with van der Waals surface area (Å²) in [5.74, 6) is 0.0510. The molecule has 0 aromatic rings. The number of hydrogen-bond donors (Lipinski definition) is 2. The van der Waals surface area contributed by atoms with Crippen LogP contribution in [0.5, 0.6) is 0 Å². The van der Waals surface area contributed by atoms with E-state index in [9.17, 15) is 9.59 Å². The lowest BCUT2D eigenvalue weighted by atomic mass is 9.88. The van der Waals surface area contributed by atoms with Gasteiger partial charge in [-0.2, -0.15) is 0 Å². The Morgan fingerprint density at radius 2 is 1.90 bits per heavy atom. The minimum Gasteiger partial charge on any atom is -0.381 e. The van der Waals surface area contributed by atoms with Gasteiger partial charge in [0.2, 0.25) is 5.91 Å². The van der Waals surface area contributed by atoms with Crippen molar-refractivity contribution in [1.29, 1.82) is 0 Å². The van der Waals surface area contributed by atoms with Crippen LogP contribution in [0.25, 0.3) is 0 Å². The summed E-state index contributed by atoms with van der Waals surface area (Å²) in [5, 5.41) is 2.83. The molecule has 3 aliphatic heterocycles. The molecule has 0 aromatic heterocycles. The van der Waals surface area contributed by atoms with Gasteiger partial charge >= 0.3 is 6.03 Å². The average molecular weight is 296 g/mol. The second-order valence-electron chi connectivity index (χ2n) is 6.22. The summed E-state index contributed by atoms with van der Waals surface area (Å²) in [5.41, 5.74) is 5.51. The van der Waals surface area contributed by atoms with E-state index in [0.29, 0.717) is 39.1 Å². The van der Waals surface area contributed by atoms with Crippen molar-refractivity contribution in [3.05, 3.63) is 0 Å². The number of hydrogen-bond acceptors (Lipinski definition) is 4. The van der Waals surface area contributed by atoms with E-state index in [-0.39, 0.29) is 18.0 Å². The molecule has 3 saturated heterocycles. The van der Waals surface area contributed by atoms with Crippen molar-refractivity contribution < 1.29 is 14.3 Å². The number of nitrogens with two attached hydrogens (primary N) is 1. The molecule has 3 heterocycles. The van der Waals surface area contributed by atoms with Crippen molar-refractivity contribution in [3.8, 4) is 0 Å². The van der Waals surface area contributed by atoms with Crippen LogP contribution < -0.4 is 11.1 Å². The van der Waals surface area contributed by atoms with Crippen LogP contribution in [0.15, 0.2) is 0 Å². The number of rotatable bonds is 2. The number of ether oxygens (including phenoxy) is 1. The van der Waals surface area contributed by atoms with Gasteiger partial charge in [0.25, 0.3) is 0 Å². The Hall–Kier alpha value is -1.34. The van der Waals surface area contributed by atoms with Crippen LogP contribution in [0.2, 0.25) is 0 Å². The zero-order chi connectivity index (χ0) is 14.9. The molecule has 21 heavy (non-hydrogen) atoms. The van der Waals surface area contributed by atoms with Gasteiger partial charge < -0.3 is 25.6 Å². The molecule has 3 N–H and O–H groups in total. The molecule has 7 heteroatoms. The van der Waals surface area contributed by atoms with Gasteiger partial charge in [0.05, 0.1) is 5.54 Å². The molecule has 7 nitrogen and oxygen atoms in total. The standard InChI is InChI=1S/C14H24N4O3/c15-14(3-9-21-10-4-14)12(19)17-6-1-11(2-7-17)18-8-5-16-13(18)20/h11H,1-10,15H2,(H,16,20). The van der Waals surface area contributed by atoms with E-state index in [1.807, 2.05) is 9.80 Å². The van der Waals surface area contributed by atoms with Crippen molar-refractivity contribution in [1.82, 2.24) is 15.1 Å². The van der Waals surface area contributed by atoms with E-state index in [0.717, 1.165) is 25.9 Å². The Balaban J connectivity index is 1.55. The van der Waals surface area contributed by atoms with E-state index in [2.05, 4.69) is 5.32 Å². The maximum atomic E-state index is 12.6. The lowest BCUT2D eigenvalue weighted by Gasteiger charge is -2.41. The van der Waals surface area contributed by atoms with Crippen LogP contribution in [0, 0.1) is 0 Å². The summed E-state index contributed by atoms with van der Waals surface area (Å²) in [4.78, 5) is 28.1. The molecule has 0 aromatic carbocycles. The highest BCUT2D eigenvalue weighted by molar-refractivity contribution is 5.86. The van der Waals surface area contributed by atoms with E-state index in [1.165, 1.54) is 0 Å². The minimum absolute atomic E-state index is 0.0273. The van der Waals surface area contributed by atoms with Crippen LogP contribution in [-0.4, -0.2) is 72.7 Å². The van der Waals surface area contributed by atoms with Crippen molar-refractivity contribution in [2.24, 2.45) is 5.73 Å². The van der Waals surface area contributed by atoms with E-state index < -0.39 is 5.54 Å². The lowest BCUT2D eigenvalue weighted by molar-refractivity contribution is -0.142. The SMILES string of the molecule is NC1(C(=O)N2CCC(N3CCNC3=O)CC2)CCOCC1. The van der Waals surface area contributed by atoms with Gasteiger partial charge in [0, 0.05) is 45.4 Å². The number of nitrogens with zero attached hydrogens (tertiary/aromatic N) is 2. The average Bonchev–Trinajstić information content (AvgIpc) is 2.93. The summed E-state index contributed by atoms with van der Waals surface area (Å²) in [6.07, 6.45) is 2.87. The van der Waals surface area contributed by atoms with Gasteiger partial charge in [0.1, 0.15) is 0 Å². The van der Waals surface area contributed by atoms with Gasteiger partial charge in [-0.3, -0.25) is 4.79 Å². The Labute approximate surface area is 124 Å². The Bertz CT molecular complexity index is 414. The summed E-state index contributed by atoms with van der Waals surface area (Å²) < 4.78 is 5.30. The Morgan fingerprint density at radius 1 is 1.24 bits per heavy atom. The first-order valence-corrected chi connectivity index (χ1v) is 7.81. The van der Waals surface area contributed by atoms with Gasteiger partial charge in [-0.05, 0) is 25.7 Å². The van der Waals surface area contributed by atoms with Crippen molar-refractivity contribution in [2.75, 3.05) is 39.4 Å². The molecule has 0 atom stereocenters. The number of urea groups is 1.